The van der Waals surface area contributed by atoms with Gasteiger partial charge in [0.2, 0.25) is 17.8 Å². The van der Waals surface area contributed by atoms with Crippen molar-refractivity contribution < 1.29 is 9.90 Å². The highest BCUT2D eigenvalue weighted by atomic mass is 16.4. The molecule has 0 radical (unpaired) electrons. The molecule has 0 aliphatic rings. The number of nitrogens with zero attached hydrogens (tertiary/aromatic N) is 3. The molecule has 0 saturated carbocycles. The number of nitrogens with two attached hydrogens (primary N) is 2. The van der Waals surface area contributed by atoms with Crippen LogP contribution in [0, 0.1) is 0 Å². The SMILES string of the molecule is Nc1nc(N)nc(N/C=C/C(=O)O)n1. The highest BCUT2D eigenvalue weighted by Gasteiger charge is 1.98. The fraction of sp³-hybridized carbons (Fsp3) is 0. The maximum Gasteiger partial charge on any atom is 0.329 e. The van der Waals surface area contributed by atoms with Gasteiger partial charge in [-0.3, -0.25) is 0 Å². The minimum absolute atomic E-state index is 0.0382. The van der Waals surface area contributed by atoms with Gasteiger partial charge in [-0.15, -0.1) is 0 Å². The minimum Gasteiger partial charge on any atom is -0.478 e. The van der Waals surface area contributed by atoms with Gasteiger partial charge in [-0.05, 0) is 0 Å². The van der Waals surface area contributed by atoms with E-state index in [9.17, 15) is 4.79 Å². The van der Waals surface area contributed by atoms with E-state index in [0.717, 1.165) is 12.3 Å². The number of carboxylic acid groups (broad SMARTS) is 1. The number of nitrogen functional groups attached to an aromatic ring is 2. The Morgan fingerprint density at radius 3 is 2.36 bits per heavy atom. The molecule has 0 atom stereocenters. The number of hydrogen-bond acceptors (Lipinski definition) is 7. The minimum atomic E-state index is -1.09. The average molecular weight is 196 g/mol. The first kappa shape index (κ1) is 9.71. The fourth-order valence-corrected chi connectivity index (χ4v) is 0.661. The van der Waals surface area contributed by atoms with E-state index in [1.54, 1.807) is 0 Å². The zero-order chi connectivity index (χ0) is 10.6. The highest BCUT2D eigenvalue weighted by Crippen LogP contribution is 2.02. The molecule has 6 N–H and O–H groups in total. The Kier molecular flexibility index (Phi) is 2.79. The Labute approximate surface area is 78.7 Å². The van der Waals surface area contributed by atoms with Gasteiger partial charge in [0.25, 0.3) is 0 Å². The topological polar surface area (TPSA) is 140 Å². The van der Waals surface area contributed by atoms with E-state index in [0.29, 0.717) is 0 Å². The Bertz CT molecular complexity index is 356. The van der Waals surface area contributed by atoms with Gasteiger partial charge < -0.3 is 21.9 Å². The molecule has 8 nitrogen and oxygen atoms in total. The summed E-state index contributed by atoms with van der Waals surface area (Å²) in [4.78, 5) is 20.9. The Hall–Kier alpha value is -2.38. The second kappa shape index (κ2) is 4.03. The third kappa shape index (κ3) is 2.93. The molecule has 0 bridgehead atoms. The van der Waals surface area contributed by atoms with Crippen molar-refractivity contribution >= 4 is 23.8 Å². The van der Waals surface area contributed by atoms with Crippen LogP contribution in [0.15, 0.2) is 12.3 Å². The first-order chi connectivity index (χ1) is 6.58. The summed E-state index contributed by atoms with van der Waals surface area (Å²) in [7, 11) is 0. The van der Waals surface area contributed by atoms with Crippen LogP contribution in [0.1, 0.15) is 0 Å². The molecule has 0 spiro atoms. The lowest BCUT2D eigenvalue weighted by Gasteiger charge is -1.99. The van der Waals surface area contributed by atoms with E-state index < -0.39 is 5.97 Å². The van der Waals surface area contributed by atoms with Crippen LogP contribution < -0.4 is 16.8 Å². The zero-order valence-corrected chi connectivity index (χ0v) is 7.01. The molecule has 1 heterocycles. The van der Waals surface area contributed by atoms with E-state index in [4.69, 9.17) is 16.6 Å². The maximum atomic E-state index is 10.1. The summed E-state index contributed by atoms with van der Waals surface area (Å²) in [6.07, 6.45) is 2.03. The fourth-order valence-electron chi connectivity index (χ4n) is 0.661. The van der Waals surface area contributed by atoms with Crippen LogP contribution in [0.25, 0.3) is 0 Å². The quantitative estimate of drug-likeness (QED) is 0.453. The Morgan fingerprint density at radius 2 is 1.86 bits per heavy atom. The van der Waals surface area contributed by atoms with Crippen molar-refractivity contribution in [2.45, 2.75) is 0 Å². The van der Waals surface area contributed by atoms with E-state index in [1.165, 1.54) is 0 Å². The van der Waals surface area contributed by atoms with Crippen LogP contribution in [0.3, 0.4) is 0 Å². The van der Waals surface area contributed by atoms with E-state index in [1.807, 2.05) is 0 Å². The predicted octanol–water partition coefficient (Wildman–Crippen LogP) is -0.954. The second-order valence-corrected chi connectivity index (χ2v) is 2.19. The number of carbonyl (C=O) groups is 1. The molecule has 0 fully saturated rings. The molecule has 0 aromatic carbocycles. The summed E-state index contributed by atoms with van der Waals surface area (Å²) in [5.74, 6) is -1.08. The third-order valence-corrected chi connectivity index (χ3v) is 1.11. The second-order valence-electron chi connectivity index (χ2n) is 2.19. The first-order valence-electron chi connectivity index (χ1n) is 3.51. The maximum absolute atomic E-state index is 10.1. The number of carboxylic acids is 1. The smallest absolute Gasteiger partial charge is 0.329 e. The molecule has 0 unspecified atom stereocenters. The number of aliphatic carboxylic acids is 1. The third-order valence-electron chi connectivity index (χ3n) is 1.11. The number of rotatable bonds is 3. The summed E-state index contributed by atoms with van der Waals surface area (Å²) >= 11 is 0. The molecule has 14 heavy (non-hydrogen) atoms. The lowest BCUT2D eigenvalue weighted by atomic mass is 10.6. The van der Waals surface area contributed by atoms with Gasteiger partial charge in [-0.1, -0.05) is 0 Å². The molecule has 1 aromatic heterocycles. The lowest BCUT2D eigenvalue weighted by Crippen LogP contribution is -2.06. The first-order valence-corrected chi connectivity index (χ1v) is 3.51. The van der Waals surface area contributed by atoms with Gasteiger partial charge in [0.15, 0.2) is 0 Å². The number of aromatic nitrogens is 3. The number of nitrogens with one attached hydrogen (secondary N) is 1. The van der Waals surface area contributed by atoms with Crippen LogP contribution in [-0.4, -0.2) is 26.0 Å². The van der Waals surface area contributed by atoms with Crippen molar-refractivity contribution in [3.8, 4) is 0 Å². The Balaban J connectivity index is 2.72. The van der Waals surface area contributed by atoms with Crippen molar-refractivity contribution in [1.29, 1.82) is 0 Å². The molecule has 1 rings (SSSR count). The molecule has 74 valence electrons. The largest absolute Gasteiger partial charge is 0.478 e. The molecule has 0 saturated heterocycles. The van der Waals surface area contributed by atoms with Crippen molar-refractivity contribution in [3.05, 3.63) is 12.3 Å². The summed E-state index contributed by atoms with van der Waals surface area (Å²) in [5, 5.41) is 10.7. The zero-order valence-electron chi connectivity index (χ0n) is 7.01. The number of hydrogen-bond donors (Lipinski definition) is 4. The normalized spacial score (nSPS) is 10.3. The van der Waals surface area contributed by atoms with Gasteiger partial charge in [-0.2, -0.15) is 15.0 Å². The van der Waals surface area contributed by atoms with Gasteiger partial charge in [-0.25, -0.2) is 4.79 Å². The molecular formula is C6H8N6O2. The van der Waals surface area contributed by atoms with Crippen molar-refractivity contribution in [2.75, 3.05) is 16.8 Å². The van der Waals surface area contributed by atoms with E-state index >= 15 is 0 Å². The summed E-state index contributed by atoms with van der Waals surface area (Å²) < 4.78 is 0. The lowest BCUT2D eigenvalue weighted by molar-refractivity contribution is -0.131. The molecular weight excluding hydrogens is 188 g/mol. The molecule has 0 aliphatic carbocycles. The average Bonchev–Trinajstić information content (AvgIpc) is 2.01. The van der Waals surface area contributed by atoms with E-state index in [2.05, 4.69) is 20.3 Å². The summed E-state index contributed by atoms with van der Waals surface area (Å²) in [6.45, 7) is 0. The molecule has 1 aromatic rings. The standard InChI is InChI=1S/C6H8N6O2/c7-4-10-5(8)12-6(11-4)9-2-1-3(13)14/h1-2H,(H,13,14)(H5,7,8,9,10,11,12)/b2-1+. The number of anilines is 3. The van der Waals surface area contributed by atoms with Crippen molar-refractivity contribution in [1.82, 2.24) is 15.0 Å². The van der Waals surface area contributed by atoms with Crippen LogP contribution in [0.2, 0.25) is 0 Å². The van der Waals surface area contributed by atoms with Gasteiger partial charge in [0, 0.05) is 12.3 Å². The monoisotopic (exact) mass is 196 g/mol. The van der Waals surface area contributed by atoms with Gasteiger partial charge in [0.05, 0.1) is 0 Å². The summed E-state index contributed by atoms with van der Waals surface area (Å²) in [5.41, 5.74) is 10.5. The van der Waals surface area contributed by atoms with Crippen LogP contribution in [0.5, 0.6) is 0 Å². The predicted molar refractivity (Wildman–Crippen MR) is 49.1 cm³/mol. The Morgan fingerprint density at radius 1 is 1.29 bits per heavy atom. The summed E-state index contributed by atoms with van der Waals surface area (Å²) in [6, 6.07) is 0. The van der Waals surface area contributed by atoms with Crippen LogP contribution in [0.4, 0.5) is 17.8 Å². The van der Waals surface area contributed by atoms with Crippen LogP contribution >= 0.6 is 0 Å². The molecule has 8 heteroatoms. The van der Waals surface area contributed by atoms with Gasteiger partial charge in [0.1, 0.15) is 0 Å². The van der Waals surface area contributed by atoms with Crippen molar-refractivity contribution in [3.63, 3.8) is 0 Å². The van der Waals surface area contributed by atoms with Crippen molar-refractivity contribution in [2.24, 2.45) is 0 Å². The molecule has 0 aliphatic heterocycles. The van der Waals surface area contributed by atoms with Gasteiger partial charge >= 0.3 is 5.97 Å². The molecule has 0 amide bonds. The highest BCUT2D eigenvalue weighted by molar-refractivity contribution is 5.80. The van der Waals surface area contributed by atoms with E-state index in [-0.39, 0.29) is 17.8 Å². The van der Waals surface area contributed by atoms with Crippen LogP contribution in [-0.2, 0) is 4.79 Å².